The average Bonchev–Trinajstić information content (AvgIpc) is 2.88. The van der Waals surface area contributed by atoms with Gasteiger partial charge in [-0.3, -0.25) is 0 Å². The molecule has 1 aromatic carbocycles. The molecule has 0 heterocycles. The van der Waals surface area contributed by atoms with Crippen LogP contribution in [0, 0.1) is 5.92 Å². The molecule has 1 aliphatic carbocycles. The molecule has 1 unspecified atom stereocenters. The highest BCUT2D eigenvalue weighted by Gasteiger charge is 2.26. The normalized spacial score (nSPS) is 18.2. The van der Waals surface area contributed by atoms with Gasteiger partial charge in [0.1, 0.15) is 0 Å². The maximum atomic E-state index is 6.22. The van der Waals surface area contributed by atoms with E-state index in [1.54, 1.807) is 0 Å². The van der Waals surface area contributed by atoms with E-state index in [0.29, 0.717) is 6.04 Å². The lowest BCUT2D eigenvalue weighted by atomic mass is 9.91. The first-order chi connectivity index (χ1) is 8.72. The monoisotopic (exact) mass is 329 g/mol. The SMILES string of the molecule is CCCNC(c1ccc(Br)c(Cl)c1)C1CCCC1. The van der Waals surface area contributed by atoms with E-state index in [1.807, 2.05) is 0 Å². The second-order valence-corrected chi connectivity index (χ2v) is 6.41. The summed E-state index contributed by atoms with van der Waals surface area (Å²) in [5.74, 6) is 0.772. The summed E-state index contributed by atoms with van der Waals surface area (Å²) in [6.07, 6.45) is 6.61. The highest BCUT2D eigenvalue weighted by molar-refractivity contribution is 9.10. The molecule has 2 rings (SSSR count). The Hall–Kier alpha value is -0.0500. The summed E-state index contributed by atoms with van der Waals surface area (Å²) in [4.78, 5) is 0. The van der Waals surface area contributed by atoms with Gasteiger partial charge < -0.3 is 5.32 Å². The van der Waals surface area contributed by atoms with Gasteiger partial charge in [-0.15, -0.1) is 0 Å². The van der Waals surface area contributed by atoms with Crippen molar-refractivity contribution in [1.29, 1.82) is 0 Å². The van der Waals surface area contributed by atoms with Gasteiger partial charge in [0.2, 0.25) is 0 Å². The summed E-state index contributed by atoms with van der Waals surface area (Å²) in [5.41, 5.74) is 1.34. The quantitative estimate of drug-likeness (QED) is 0.769. The molecule has 0 aromatic heterocycles. The number of benzene rings is 1. The summed E-state index contributed by atoms with van der Waals surface area (Å²) >= 11 is 9.69. The number of nitrogens with one attached hydrogen (secondary N) is 1. The summed E-state index contributed by atoms with van der Waals surface area (Å²) in [6.45, 7) is 3.29. The summed E-state index contributed by atoms with van der Waals surface area (Å²) in [5, 5.41) is 4.51. The first-order valence-corrected chi connectivity index (χ1v) is 8.07. The highest BCUT2D eigenvalue weighted by atomic mass is 79.9. The van der Waals surface area contributed by atoms with Crippen molar-refractivity contribution in [1.82, 2.24) is 5.32 Å². The topological polar surface area (TPSA) is 12.0 Å². The van der Waals surface area contributed by atoms with Crippen LogP contribution < -0.4 is 5.32 Å². The molecule has 0 amide bonds. The molecule has 0 bridgehead atoms. The smallest absolute Gasteiger partial charge is 0.0551 e. The maximum absolute atomic E-state index is 6.22. The minimum atomic E-state index is 0.470. The lowest BCUT2D eigenvalue weighted by molar-refractivity contribution is 0.368. The van der Waals surface area contributed by atoms with Crippen LogP contribution in [-0.4, -0.2) is 6.54 Å². The van der Waals surface area contributed by atoms with Crippen molar-refractivity contribution in [2.24, 2.45) is 5.92 Å². The molecule has 1 atom stereocenters. The van der Waals surface area contributed by atoms with Crippen molar-refractivity contribution >= 4 is 27.5 Å². The average molecular weight is 331 g/mol. The fourth-order valence-corrected chi connectivity index (χ4v) is 3.29. The fraction of sp³-hybridized carbons (Fsp3) is 0.600. The Bertz CT molecular complexity index is 388. The van der Waals surface area contributed by atoms with Gasteiger partial charge >= 0.3 is 0 Å². The second kappa shape index (κ2) is 6.93. The minimum Gasteiger partial charge on any atom is -0.310 e. The van der Waals surface area contributed by atoms with Crippen LogP contribution in [0.3, 0.4) is 0 Å². The first-order valence-electron chi connectivity index (χ1n) is 6.90. The van der Waals surface area contributed by atoms with Crippen LogP contribution in [0.5, 0.6) is 0 Å². The molecule has 100 valence electrons. The van der Waals surface area contributed by atoms with E-state index in [2.05, 4.69) is 46.4 Å². The van der Waals surface area contributed by atoms with E-state index >= 15 is 0 Å². The van der Waals surface area contributed by atoms with Crippen LogP contribution in [0.2, 0.25) is 5.02 Å². The lowest BCUT2D eigenvalue weighted by Gasteiger charge is -2.25. The summed E-state index contributed by atoms with van der Waals surface area (Å²) < 4.78 is 0.980. The molecule has 1 fully saturated rings. The van der Waals surface area contributed by atoms with Gasteiger partial charge in [0.05, 0.1) is 5.02 Å². The zero-order chi connectivity index (χ0) is 13.0. The van der Waals surface area contributed by atoms with Crippen LogP contribution in [0.15, 0.2) is 22.7 Å². The fourth-order valence-electron chi connectivity index (χ4n) is 2.85. The maximum Gasteiger partial charge on any atom is 0.0551 e. The Morgan fingerprint density at radius 1 is 1.39 bits per heavy atom. The standard InChI is InChI=1S/C15H21BrClN/c1-2-9-18-15(11-5-3-4-6-11)12-7-8-13(16)14(17)10-12/h7-8,10-11,15,18H,2-6,9H2,1H3. The van der Waals surface area contributed by atoms with E-state index in [0.717, 1.165) is 22.0 Å². The van der Waals surface area contributed by atoms with Gasteiger partial charge in [-0.1, -0.05) is 37.4 Å². The van der Waals surface area contributed by atoms with E-state index in [4.69, 9.17) is 11.6 Å². The minimum absolute atomic E-state index is 0.470. The highest BCUT2D eigenvalue weighted by Crippen LogP contribution is 2.37. The molecule has 18 heavy (non-hydrogen) atoms. The van der Waals surface area contributed by atoms with E-state index in [-0.39, 0.29) is 0 Å². The molecule has 3 heteroatoms. The number of hydrogen-bond donors (Lipinski definition) is 1. The molecule has 1 saturated carbocycles. The van der Waals surface area contributed by atoms with Crippen molar-refractivity contribution in [3.63, 3.8) is 0 Å². The van der Waals surface area contributed by atoms with Crippen molar-refractivity contribution in [3.05, 3.63) is 33.3 Å². The van der Waals surface area contributed by atoms with Gasteiger partial charge in [-0.2, -0.15) is 0 Å². The number of halogens is 2. The van der Waals surface area contributed by atoms with Crippen molar-refractivity contribution in [2.75, 3.05) is 6.54 Å². The second-order valence-electron chi connectivity index (χ2n) is 5.15. The van der Waals surface area contributed by atoms with Gasteiger partial charge in [0, 0.05) is 10.5 Å². The third-order valence-corrected chi connectivity index (χ3v) is 5.02. The number of hydrogen-bond acceptors (Lipinski definition) is 1. The van der Waals surface area contributed by atoms with Crippen LogP contribution in [0.4, 0.5) is 0 Å². The largest absolute Gasteiger partial charge is 0.310 e. The summed E-state index contributed by atoms with van der Waals surface area (Å²) in [6, 6.07) is 6.84. The van der Waals surface area contributed by atoms with Gasteiger partial charge in [0.15, 0.2) is 0 Å². The van der Waals surface area contributed by atoms with Crippen LogP contribution in [0.25, 0.3) is 0 Å². The van der Waals surface area contributed by atoms with Crippen LogP contribution in [-0.2, 0) is 0 Å². The molecule has 0 aliphatic heterocycles. The molecule has 0 spiro atoms. The van der Waals surface area contributed by atoms with E-state index in [9.17, 15) is 0 Å². The molecular formula is C15H21BrClN. The Labute approximate surface area is 123 Å². The Morgan fingerprint density at radius 2 is 2.11 bits per heavy atom. The lowest BCUT2D eigenvalue weighted by Crippen LogP contribution is -2.27. The van der Waals surface area contributed by atoms with Crippen molar-refractivity contribution in [2.45, 2.75) is 45.1 Å². The Kier molecular flexibility index (Phi) is 5.53. The van der Waals surface area contributed by atoms with E-state index < -0.39 is 0 Å². The molecular weight excluding hydrogens is 310 g/mol. The summed E-state index contributed by atoms with van der Waals surface area (Å²) in [7, 11) is 0. The van der Waals surface area contributed by atoms with Gasteiger partial charge in [-0.05, 0) is 65.4 Å². The Balaban J connectivity index is 2.17. The molecule has 1 aliphatic rings. The Morgan fingerprint density at radius 3 is 2.72 bits per heavy atom. The molecule has 1 nitrogen and oxygen atoms in total. The zero-order valence-corrected chi connectivity index (χ0v) is 13.2. The molecule has 0 radical (unpaired) electrons. The van der Waals surface area contributed by atoms with Crippen LogP contribution in [0.1, 0.15) is 50.6 Å². The third kappa shape index (κ3) is 3.49. The zero-order valence-electron chi connectivity index (χ0n) is 10.9. The predicted molar refractivity (Wildman–Crippen MR) is 82.1 cm³/mol. The van der Waals surface area contributed by atoms with E-state index in [1.165, 1.54) is 37.7 Å². The van der Waals surface area contributed by atoms with Gasteiger partial charge in [-0.25, -0.2) is 0 Å². The molecule has 1 aromatic rings. The first kappa shape index (κ1) is 14.4. The predicted octanol–water partition coefficient (Wildman–Crippen LogP) is 5.33. The molecule has 0 saturated heterocycles. The molecule has 1 N–H and O–H groups in total. The van der Waals surface area contributed by atoms with Crippen LogP contribution >= 0.6 is 27.5 Å². The van der Waals surface area contributed by atoms with Crippen molar-refractivity contribution in [3.8, 4) is 0 Å². The van der Waals surface area contributed by atoms with Gasteiger partial charge in [0.25, 0.3) is 0 Å². The number of rotatable bonds is 5. The van der Waals surface area contributed by atoms with Crippen molar-refractivity contribution < 1.29 is 0 Å². The third-order valence-electron chi connectivity index (χ3n) is 3.79.